The molecule has 1 N–H and O–H groups in total. The van der Waals surface area contributed by atoms with E-state index in [0.717, 1.165) is 6.07 Å². The van der Waals surface area contributed by atoms with Crippen LogP contribution in [-0.2, 0) is 21.3 Å². The third-order valence-corrected chi connectivity index (χ3v) is 4.13. The molecule has 0 atom stereocenters. The smallest absolute Gasteiger partial charge is 0.347 e. The van der Waals surface area contributed by atoms with E-state index < -0.39 is 32.5 Å². The average molecular weight is 346 g/mol. The van der Waals surface area contributed by atoms with Crippen LogP contribution in [0.2, 0.25) is 0 Å². The molecule has 0 spiro atoms. The molecule has 0 unspecified atom stereocenters. The van der Waals surface area contributed by atoms with E-state index in [1.807, 2.05) is 0 Å². The van der Waals surface area contributed by atoms with Gasteiger partial charge in [-0.1, -0.05) is 36.4 Å². The lowest BCUT2D eigenvalue weighted by atomic mass is 10.1. The van der Waals surface area contributed by atoms with Crippen molar-refractivity contribution in [3.8, 4) is 0 Å². The number of rotatable bonds is 5. The molecule has 0 amide bonds. The summed E-state index contributed by atoms with van der Waals surface area (Å²) in [7, 11) is -4.69. The molecule has 7 heteroatoms. The molecule has 0 aliphatic heterocycles. The molecule has 0 bridgehead atoms. The van der Waals surface area contributed by atoms with Crippen molar-refractivity contribution in [1.29, 1.82) is 0 Å². The lowest BCUT2D eigenvalue weighted by molar-refractivity contribution is 0.0394. The maximum absolute atomic E-state index is 12.2. The highest BCUT2D eigenvalue weighted by Crippen LogP contribution is 2.23. The Morgan fingerprint density at radius 3 is 2.29 bits per heavy atom. The Morgan fingerprint density at radius 1 is 1.04 bits per heavy atom. The van der Waals surface area contributed by atoms with E-state index in [4.69, 9.17) is 4.74 Å². The third-order valence-electron chi connectivity index (χ3n) is 3.13. The van der Waals surface area contributed by atoms with Crippen molar-refractivity contribution in [3.63, 3.8) is 0 Å². The normalized spacial score (nSPS) is 10.9. The summed E-state index contributed by atoms with van der Waals surface area (Å²) < 4.78 is 37.4. The molecule has 0 aliphatic carbocycles. The molecule has 0 saturated heterocycles. The van der Waals surface area contributed by atoms with Gasteiger partial charge in [-0.2, -0.15) is 8.42 Å². The summed E-state index contributed by atoms with van der Waals surface area (Å²) in [6.45, 7) is 3.49. The van der Waals surface area contributed by atoms with Gasteiger partial charge in [-0.25, -0.2) is 9.59 Å². The van der Waals surface area contributed by atoms with Crippen molar-refractivity contribution < 1.29 is 27.3 Å². The van der Waals surface area contributed by atoms with Gasteiger partial charge in [0.05, 0.1) is 11.1 Å². The first-order valence-corrected chi connectivity index (χ1v) is 8.30. The van der Waals surface area contributed by atoms with Crippen LogP contribution in [0.5, 0.6) is 0 Å². The first-order valence-electron chi connectivity index (χ1n) is 6.86. The van der Waals surface area contributed by atoms with Crippen LogP contribution in [-0.4, -0.2) is 24.9 Å². The summed E-state index contributed by atoms with van der Waals surface area (Å²) in [4.78, 5) is 23.5. The van der Waals surface area contributed by atoms with E-state index in [1.54, 1.807) is 18.2 Å². The first kappa shape index (κ1) is 17.6. The van der Waals surface area contributed by atoms with Gasteiger partial charge in [0.1, 0.15) is 4.90 Å². The van der Waals surface area contributed by atoms with Gasteiger partial charge in [-0.3, -0.25) is 4.55 Å². The summed E-state index contributed by atoms with van der Waals surface area (Å²) in [6.07, 6.45) is 1.54. The van der Waals surface area contributed by atoms with E-state index in [9.17, 15) is 22.6 Å². The molecule has 2 rings (SSSR count). The van der Waals surface area contributed by atoms with Crippen LogP contribution in [0, 0.1) is 0 Å². The van der Waals surface area contributed by atoms with Crippen LogP contribution in [0.4, 0.5) is 0 Å². The number of hydrogen-bond acceptors (Lipinski definition) is 5. The molecule has 0 radical (unpaired) electrons. The van der Waals surface area contributed by atoms with E-state index in [2.05, 4.69) is 6.58 Å². The van der Waals surface area contributed by atoms with Crippen molar-refractivity contribution in [2.75, 3.05) is 0 Å². The lowest BCUT2D eigenvalue weighted by Gasteiger charge is -2.10. The number of carbonyl (C=O) groups is 2. The zero-order valence-corrected chi connectivity index (χ0v) is 13.3. The predicted octanol–water partition coefficient (Wildman–Crippen LogP) is 2.66. The molecule has 0 fully saturated rings. The summed E-state index contributed by atoms with van der Waals surface area (Å²) in [5, 5.41) is 0. The fourth-order valence-corrected chi connectivity index (χ4v) is 3.05. The van der Waals surface area contributed by atoms with Crippen molar-refractivity contribution >= 4 is 22.1 Å². The zero-order chi connectivity index (χ0) is 17.7. The van der Waals surface area contributed by atoms with Crippen molar-refractivity contribution in [2.24, 2.45) is 0 Å². The minimum Gasteiger partial charge on any atom is -0.386 e. The zero-order valence-electron chi connectivity index (χ0n) is 12.5. The van der Waals surface area contributed by atoms with E-state index in [-0.39, 0.29) is 17.5 Å². The standard InChI is InChI=1S/C17H14O6S/c1-2-7-12-10-6-11-14(15(12)24(20,21)22)17(19)23-16(18)13-8-4-3-5-9-13/h2-6,8-11H,1,7H2,(H,20,21,22). The predicted molar refractivity (Wildman–Crippen MR) is 86.3 cm³/mol. The van der Waals surface area contributed by atoms with Gasteiger partial charge in [0.2, 0.25) is 0 Å². The molecule has 2 aromatic carbocycles. The quantitative estimate of drug-likeness (QED) is 0.387. The monoisotopic (exact) mass is 346 g/mol. The Kier molecular flexibility index (Phi) is 5.28. The van der Waals surface area contributed by atoms with Gasteiger partial charge in [-0.05, 0) is 30.2 Å². The highest BCUT2D eigenvalue weighted by Gasteiger charge is 2.26. The Bertz CT molecular complexity index is 885. The second-order valence-corrected chi connectivity index (χ2v) is 6.16. The van der Waals surface area contributed by atoms with E-state index >= 15 is 0 Å². The second kappa shape index (κ2) is 7.20. The minimum absolute atomic E-state index is 0.114. The fourth-order valence-electron chi connectivity index (χ4n) is 2.14. The number of hydrogen-bond donors (Lipinski definition) is 1. The SMILES string of the molecule is C=CCc1cccc(C(=O)OC(=O)c2ccccc2)c1S(=O)(=O)O. The molecule has 0 heterocycles. The molecule has 0 saturated carbocycles. The second-order valence-electron chi connectivity index (χ2n) is 4.80. The molecule has 124 valence electrons. The van der Waals surface area contributed by atoms with Crippen LogP contribution >= 0.6 is 0 Å². The summed E-state index contributed by atoms with van der Waals surface area (Å²) in [6, 6.07) is 11.8. The largest absolute Gasteiger partial charge is 0.386 e. The number of ether oxygens (including phenoxy) is 1. The highest BCUT2D eigenvalue weighted by molar-refractivity contribution is 7.86. The Morgan fingerprint density at radius 2 is 1.71 bits per heavy atom. The molecule has 2 aromatic rings. The maximum atomic E-state index is 12.2. The maximum Gasteiger partial charge on any atom is 0.347 e. The van der Waals surface area contributed by atoms with Gasteiger partial charge in [-0.15, -0.1) is 6.58 Å². The number of carbonyl (C=O) groups excluding carboxylic acids is 2. The molecule has 24 heavy (non-hydrogen) atoms. The van der Waals surface area contributed by atoms with Gasteiger partial charge < -0.3 is 4.74 Å². The fraction of sp³-hybridized carbons (Fsp3) is 0.0588. The molecular formula is C17H14O6S. The van der Waals surface area contributed by atoms with Gasteiger partial charge in [0.15, 0.2) is 0 Å². The topological polar surface area (TPSA) is 97.7 Å². The van der Waals surface area contributed by atoms with Crippen LogP contribution in [0.15, 0.2) is 66.1 Å². The van der Waals surface area contributed by atoms with Crippen molar-refractivity contribution in [1.82, 2.24) is 0 Å². The summed E-state index contributed by atoms with van der Waals surface area (Å²) >= 11 is 0. The third kappa shape index (κ3) is 3.95. The van der Waals surface area contributed by atoms with Gasteiger partial charge in [0.25, 0.3) is 10.1 Å². The number of esters is 2. The first-order chi connectivity index (χ1) is 11.3. The number of allylic oxidation sites excluding steroid dienone is 1. The average Bonchev–Trinajstić information content (AvgIpc) is 2.54. The summed E-state index contributed by atoms with van der Waals surface area (Å²) in [5.74, 6) is -2.08. The van der Waals surface area contributed by atoms with Gasteiger partial charge in [0, 0.05) is 0 Å². The molecule has 0 aliphatic rings. The Hall–Kier alpha value is -2.77. The van der Waals surface area contributed by atoms with Crippen LogP contribution in [0.25, 0.3) is 0 Å². The highest BCUT2D eigenvalue weighted by atomic mass is 32.2. The molecule has 6 nitrogen and oxygen atoms in total. The van der Waals surface area contributed by atoms with E-state index in [1.165, 1.54) is 30.3 Å². The minimum atomic E-state index is -4.69. The van der Waals surface area contributed by atoms with E-state index in [0.29, 0.717) is 0 Å². The van der Waals surface area contributed by atoms with Crippen molar-refractivity contribution in [3.05, 3.63) is 77.9 Å². The van der Waals surface area contributed by atoms with Gasteiger partial charge >= 0.3 is 11.9 Å². The van der Waals surface area contributed by atoms with Crippen LogP contribution < -0.4 is 0 Å². The Labute approximate surface area is 139 Å². The van der Waals surface area contributed by atoms with Crippen LogP contribution in [0.1, 0.15) is 26.3 Å². The number of benzene rings is 2. The summed E-state index contributed by atoms with van der Waals surface area (Å²) in [5.41, 5.74) is -0.100. The van der Waals surface area contributed by atoms with Crippen LogP contribution in [0.3, 0.4) is 0 Å². The molecule has 0 aromatic heterocycles. The van der Waals surface area contributed by atoms with Crippen molar-refractivity contribution in [2.45, 2.75) is 11.3 Å². The Balaban J connectivity index is 2.41. The molecular weight excluding hydrogens is 332 g/mol. The lowest BCUT2D eigenvalue weighted by Crippen LogP contribution is -2.17.